The molecule has 0 fully saturated rings. The summed E-state index contributed by atoms with van der Waals surface area (Å²) in [5, 5.41) is 14.5. The van der Waals surface area contributed by atoms with Gasteiger partial charge in [-0.3, -0.25) is 0 Å². The molecule has 2 aromatic heterocycles. The molecule has 5 nitrogen and oxygen atoms in total. The summed E-state index contributed by atoms with van der Waals surface area (Å²) < 4.78 is 1.70. The Morgan fingerprint density at radius 3 is 2.70 bits per heavy atom. The molecule has 0 atom stereocenters. The standard InChI is InChI=1S/C18H22N4O/c1-13-12-19-17(22-10-8-16(20-22)18(3,4)23)11-15(13)21-9-6-5-7-14(21)2/h5-8,10-12,23H,9H2,1-4H3. The highest BCUT2D eigenvalue weighted by Crippen LogP contribution is 2.27. The van der Waals surface area contributed by atoms with Gasteiger partial charge in [0.2, 0.25) is 0 Å². The minimum atomic E-state index is -0.963. The van der Waals surface area contributed by atoms with Crippen LogP contribution in [0.15, 0.2) is 48.5 Å². The maximum Gasteiger partial charge on any atom is 0.155 e. The molecule has 0 bridgehead atoms. The Hall–Kier alpha value is -2.40. The summed E-state index contributed by atoms with van der Waals surface area (Å²) in [4.78, 5) is 6.73. The Kier molecular flexibility index (Phi) is 3.82. The van der Waals surface area contributed by atoms with Crippen molar-refractivity contribution < 1.29 is 5.11 Å². The SMILES string of the molecule is CC1=CC=CCN1c1cc(-n2ccc(C(C)(C)O)n2)ncc1C. The van der Waals surface area contributed by atoms with Gasteiger partial charge in [-0.15, -0.1) is 0 Å². The van der Waals surface area contributed by atoms with Crippen LogP contribution in [0.1, 0.15) is 32.0 Å². The van der Waals surface area contributed by atoms with Gasteiger partial charge in [0.25, 0.3) is 0 Å². The monoisotopic (exact) mass is 310 g/mol. The largest absolute Gasteiger partial charge is 0.384 e. The van der Waals surface area contributed by atoms with Crippen molar-refractivity contribution in [3.8, 4) is 5.82 Å². The zero-order valence-corrected chi connectivity index (χ0v) is 14.0. The normalized spacial score (nSPS) is 15.0. The fourth-order valence-corrected chi connectivity index (χ4v) is 2.59. The van der Waals surface area contributed by atoms with Gasteiger partial charge in [0.1, 0.15) is 5.60 Å². The smallest absolute Gasteiger partial charge is 0.155 e. The van der Waals surface area contributed by atoms with Crippen molar-refractivity contribution in [2.24, 2.45) is 0 Å². The lowest BCUT2D eigenvalue weighted by Crippen LogP contribution is -2.24. The highest BCUT2D eigenvalue weighted by atomic mass is 16.3. The number of anilines is 1. The van der Waals surface area contributed by atoms with Gasteiger partial charge in [-0.2, -0.15) is 5.10 Å². The number of nitrogens with zero attached hydrogens (tertiary/aromatic N) is 4. The number of aryl methyl sites for hydroxylation is 1. The summed E-state index contributed by atoms with van der Waals surface area (Å²) in [6, 6.07) is 3.85. The Morgan fingerprint density at radius 1 is 1.26 bits per heavy atom. The van der Waals surface area contributed by atoms with Gasteiger partial charge in [-0.25, -0.2) is 9.67 Å². The molecule has 0 amide bonds. The van der Waals surface area contributed by atoms with Crippen molar-refractivity contribution in [1.82, 2.24) is 14.8 Å². The molecule has 0 radical (unpaired) electrons. The first-order valence-corrected chi connectivity index (χ1v) is 7.73. The van der Waals surface area contributed by atoms with Gasteiger partial charge >= 0.3 is 0 Å². The Morgan fingerprint density at radius 2 is 2.04 bits per heavy atom. The molecule has 120 valence electrons. The zero-order chi connectivity index (χ0) is 16.6. The van der Waals surface area contributed by atoms with E-state index < -0.39 is 5.60 Å². The van der Waals surface area contributed by atoms with Crippen molar-refractivity contribution in [1.29, 1.82) is 0 Å². The van der Waals surface area contributed by atoms with E-state index in [9.17, 15) is 5.11 Å². The molecular weight excluding hydrogens is 288 g/mol. The maximum atomic E-state index is 10.1. The Labute approximate surface area is 136 Å². The number of hydrogen-bond donors (Lipinski definition) is 1. The third-order valence-corrected chi connectivity index (χ3v) is 3.99. The van der Waals surface area contributed by atoms with Gasteiger partial charge in [0.15, 0.2) is 5.82 Å². The lowest BCUT2D eigenvalue weighted by molar-refractivity contribution is 0.0734. The highest BCUT2D eigenvalue weighted by Gasteiger charge is 2.20. The van der Waals surface area contributed by atoms with Crippen LogP contribution in [0.3, 0.4) is 0 Å². The van der Waals surface area contributed by atoms with Crippen molar-refractivity contribution in [2.45, 2.75) is 33.3 Å². The van der Waals surface area contributed by atoms with Gasteiger partial charge in [-0.05, 0) is 45.4 Å². The first-order valence-electron chi connectivity index (χ1n) is 7.73. The van der Waals surface area contributed by atoms with Crippen LogP contribution in [-0.2, 0) is 5.60 Å². The van der Waals surface area contributed by atoms with Gasteiger partial charge in [0.05, 0.1) is 5.69 Å². The topological polar surface area (TPSA) is 54.2 Å². The van der Waals surface area contributed by atoms with Crippen molar-refractivity contribution in [3.63, 3.8) is 0 Å². The summed E-state index contributed by atoms with van der Waals surface area (Å²) in [6.07, 6.45) is 10.00. The lowest BCUT2D eigenvalue weighted by Gasteiger charge is -2.28. The third-order valence-electron chi connectivity index (χ3n) is 3.99. The highest BCUT2D eigenvalue weighted by molar-refractivity contribution is 5.61. The van der Waals surface area contributed by atoms with E-state index in [1.807, 2.05) is 24.5 Å². The molecule has 0 unspecified atom stereocenters. The first kappa shape index (κ1) is 15.5. The van der Waals surface area contributed by atoms with Crippen molar-refractivity contribution >= 4 is 5.69 Å². The van der Waals surface area contributed by atoms with E-state index in [1.165, 1.54) is 5.70 Å². The lowest BCUT2D eigenvalue weighted by atomic mass is 10.1. The number of hydrogen-bond acceptors (Lipinski definition) is 4. The van der Waals surface area contributed by atoms with E-state index in [0.29, 0.717) is 5.69 Å². The molecule has 0 aliphatic carbocycles. The fraction of sp³-hybridized carbons (Fsp3) is 0.333. The minimum absolute atomic E-state index is 0.624. The summed E-state index contributed by atoms with van der Waals surface area (Å²) >= 11 is 0. The summed E-state index contributed by atoms with van der Waals surface area (Å²) in [5.41, 5.74) is 3.10. The molecule has 2 aromatic rings. The number of pyridine rings is 1. The molecule has 0 saturated carbocycles. The second-order valence-electron chi connectivity index (χ2n) is 6.38. The summed E-state index contributed by atoms with van der Waals surface area (Å²) in [6.45, 7) is 8.46. The average molecular weight is 310 g/mol. The van der Waals surface area contributed by atoms with Gasteiger partial charge in [0, 0.05) is 36.4 Å². The molecule has 23 heavy (non-hydrogen) atoms. The van der Waals surface area contributed by atoms with Crippen LogP contribution < -0.4 is 4.90 Å². The van der Waals surface area contributed by atoms with Crippen LogP contribution in [0.25, 0.3) is 5.82 Å². The molecule has 0 spiro atoms. The van der Waals surface area contributed by atoms with Gasteiger partial charge in [-0.1, -0.05) is 12.2 Å². The van der Waals surface area contributed by atoms with E-state index in [2.05, 4.69) is 47.1 Å². The predicted octanol–water partition coefficient (Wildman–Crippen LogP) is 3.08. The average Bonchev–Trinajstić information content (AvgIpc) is 2.99. The van der Waals surface area contributed by atoms with Crippen molar-refractivity contribution in [3.05, 3.63) is 59.7 Å². The van der Waals surface area contributed by atoms with Crippen LogP contribution in [0.5, 0.6) is 0 Å². The van der Waals surface area contributed by atoms with Crippen LogP contribution in [0.2, 0.25) is 0 Å². The zero-order valence-electron chi connectivity index (χ0n) is 14.0. The molecule has 5 heteroatoms. The second kappa shape index (κ2) is 5.66. The molecule has 1 aliphatic rings. The predicted molar refractivity (Wildman–Crippen MR) is 91.6 cm³/mol. The van der Waals surface area contributed by atoms with E-state index in [4.69, 9.17) is 0 Å². The van der Waals surface area contributed by atoms with Gasteiger partial charge < -0.3 is 10.0 Å². The molecule has 3 heterocycles. The maximum absolute atomic E-state index is 10.1. The molecule has 0 aromatic carbocycles. The molecule has 0 saturated heterocycles. The minimum Gasteiger partial charge on any atom is -0.384 e. The molecular formula is C18H22N4O. The fourth-order valence-electron chi connectivity index (χ4n) is 2.59. The Bertz CT molecular complexity index is 781. The number of rotatable bonds is 3. The Balaban J connectivity index is 1.99. The molecule has 3 rings (SSSR count). The van der Waals surface area contributed by atoms with Crippen LogP contribution in [-0.4, -0.2) is 26.4 Å². The first-order chi connectivity index (χ1) is 10.9. The summed E-state index contributed by atoms with van der Waals surface area (Å²) in [5.74, 6) is 0.739. The van der Waals surface area contributed by atoms with E-state index in [-0.39, 0.29) is 0 Å². The number of aliphatic hydroxyl groups is 1. The van der Waals surface area contributed by atoms with Crippen LogP contribution in [0, 0.1) is 6.92 Å². The quantitative estimate of drug-likeness (QED) is 0.946. The second-order valence-corrected chi connectivity index (χ2v) is 6.38. The van der Waals surface area contributed by atoms with E-state index in [1.54, 1.807) is 18.5 Å². The van der Waals surface area contributed by atoms with E-state index in [0.717, 1.165) is 23.6 Å². The third kappa shape index (κ3) is 3.05. The van der Waals surface area contributed by atoms with Crippen LogP contribution >= 0.6 is 0 Å². The molecule has 1 N–H and O–H groups in total. The number of allylic oxidation sites excluding steroid dienone is 3. The van der Waals surface area contributed by atoms with Crippen LogP contribution in [0.4, 0.5) is 5.69 Å². The molecule has 1 aliphatic heterocycles. The number of aromatic nitrogens is 3. The summed E-state index contributed by atoms with van der Waals surface area (Å²) in [7, 11) is 0. The van der Waals surface area contributed by atoms with Crippen molar-refractivity contribution in [2.75, 3.05) is 11.4 Å². The van der Waals surface area contributed by atoms with E-state index >= 15 is 0 Å².